The zero-order valence-electron chi connectivity index (χ0n) is 11.9. The van der Waals surface area contributed by atoms with E-state index in [0.717, 1.165) is 25.1 Å². The fraction of sp³-hybridized carbons (Fsp3) is 0.400. The summed E-state index contributed by atoms with van der Waals surface area (Å²) >= 11 is 5.38. The van der Waals surface area contributed by atoms with E-state index >= 15 is 0 Å². The molecule has 4 nitrogen and oxygen atoms in total. The van der Waals surface area contributed by atoms with Crippen molar-refractivity contribution in [2.75, 3.05) is 20.2 Å². The summed E-state index contributed by atoms with van der Waals surface area (Å²) in [5, 5.41) is 8.12. The van der Waals surface area contributed by atoms with Gasteiger partial charge < -0.3 is 15.0 Å². The molecule has 1 aromatic rings. The summed E-state index contributed by atoms with van der Waals surface area (Å²) in [6, 6.07) is 8.44. The normalized spacial score (nSPS) is 20.0. The average molecular weight is 325 g/mol. The van der Waals surface area contributed by atoms with Crippen molar-refractivity contribution in [2.45, 2.75) is 18.9 Å². The minimum Gasteiger partial charge on any atom is -0.491 e. The maximum absolute atomic E-state index is 5.86. The molecule has 113 valence electrons. The molecule has 1 N–H and O–H groups in total. The lowest BCUT2D eigenvalue weighted by Crippen LogP contribution is -2.44. The lowest BCUT2D eigenvalue weighted by atomic mass is 10.0. The Hall–Kier alpha value is -1.30. The molecule has 0 unspecified atom stereocenters. The van der Waals surface area contributed by atoms with Gasteiger partial charge in [-0.25, -0.2) is 5.32 Å². The molecule has 3 rings (SSSR count). The maximum Gasteiger partial charge on any atom is 0.200 e. The average Bonchev–Trinajstić information content (AvgIpc) is 2.85. The monoisotopic (exact) mass is 324 g/mol. The zero-order chi connectivity index (χ0) is 13.9. The summed E-state index contributed by atoms with van der Waals surface area (Å²) in [7, 11) is 1.95. The molecule has 0 fully saturated rings. The van der Waals surface area contributed by atoms with Gasteiger partial charge in [-0.3, -0.25) is 0 Å². The lowest BCUT2D eigenvalue weighted by Gasteiger charge is -2.34. The van der Waals surface area contributed by atoms with Crippen molar-refractivity contribution < 1.29 is 4.74 Å². The van der Waals surface area contributed by atoms with Crippen LogP contribution in [0.2, 0.25) is 0 Å². The minimum atomic E-state index is 0. The van der Waals surface area contributed by atoms with Crippen molar-refractivity contribution in [2.24, 2.45) is 0 Å². The quantitative estimate of drug-likeness (QED) is 0.861. The predicted molar refractivity (Wildman–Crippen MR) is 89.9 cm³/mol. The van der Waals surface area contributed by atoms with E-state index in [1.807, 2.05) is 25.4 Å². The Kier molecular flexibility index (Phi) is 5.45. The molecule has 6 heteroatoms. The highest BCUT2D eigenvalue weighted by molar-refractivity contribution is 7.80. The molecule has 2 heterocycles. The highest BCUT2D eigenvalue weighted by Crippen LogP contribution is 2.29. The summed E-state index contributed by atoms with van der Waals surface area (Å²) in [4.78, 5) is 2.16. The number of hydrogen-bond acceptors (Lipinski definition) is 3. The van der Waals surface area contributed by atoms with Crippen molar-refractivity contribution in [3.05, 3.63) is 41.7 Å². The second-order valence-electron chi connectivity index (χ2n) is 5.03. The van der Waals surface area contributed by atoms with Gasteiger partial charge in [0, 0.05) is 31.3 Å². The van der Waals surface area contributed by atoms with Crippen molar-refractivity contribution >= 4 is 29.7 Å². The van der Waals surface area contributed by atoms with Gasteiger partial charge in [-0.2, -0.15) is 0 Å². The molecular weight excluding hydrogens is 306 g/mol. The fourth-order valence-corrected chi connectivity index (χ4v) is 3.00. The summed E-state index contributed by atoms with van der Waals surface area (Å²) < 4.78 is 5.86. The molecule has 2 aliphatic heterocycles. The first-order chi connectivity index (χ1) is 9.79. The Balaban J connectivity index is 0.00000161. The molecule has 21 heavy (non-hydrogen) atoms. The van der Waals surface area contributed by atoms with Gasteiger partial charge in [-0.15, -0.1) is 12.4 Å². The fourth-order valence-electron chi connectivity index (χ4n) is 2.68. The number of rotatable bonds is 4. The van der Waals surface area contributed by atoms with Crippen LogP contribution in [0.15, 0.2) is 36.2 Å². The number of halogens is 1. The smallest absolute Gasteiger partial charge is 0.200 e. The number of nitrogens with one attached hydrogen (secondary N) is 1. The van der Waals surface area contributed by atoms with Gasteiger partial charge >= 0.3 is 0 Å². The molecule has 0 aromatic heterocycles. The Morgan fingerprint density at radius 1 is 1.43 bits per heavy atom. The molecule has 0 aliphatic carbocycles. The van der Waals surface area contributed by atoms with E-state index in [-0.39, 0.29) is 18.4 Å². The van der Waals surface area contributed by atoms with Crippen LogP contribution in [0.4, 0.5) is 0 Å². The molecule has 1 atom stereocenters. The second-order valence-corrected chi connectivity index (χ2v) is 5.40. The molecule has 0 amide bonds. The first kappa shape index (κ1) is 16.1. The third-order valence-electron chi connectivity index (χ3n) is 3.70. The number of benzene rings is 1. The third-order valence-corrected chi connectivity index (χ3v) is 4.00. The van der Waals surface area contributed by atoms with E-state index in [9.17, 15) is 0 Å². The molecular formula is C15H19ClN3OS. The minimum absolute atomic E-state index is 0. The number of hydrogen-bond donors (Lipinski definition) is 1. The van der Waals surface area contributed by atoms with Gasteiger partial charge in [-0.1, -0.05) is 18.2 Å². The topological polar surface area (TPSA) is 38.6 Å². The predicted octanol–water partition coefficient (Wildman–Crippen LogP) is 2.07. The highest BCUT2D eigenvalue weighted by atomic mass is 35.5. The SMILES string of the molecule is CNCCC1=C[N]C(=S)N1[C@H]1COc2ccccc2C1.Cl. The van der Waals surface area contributed by atoms with Gasteiger partial charge in [-0.05, 0) is 30.9 Å². The van der Waals surface area contributed by atoms with Crippen LogP contribution in [0.3, 0.4) is 0 Å². The molecule has 0 bridgehead atoms. The van der Waals surface area contributed by atoms with E-state index in [1.165, 1.54) is 11.3 Å². The van der Waals surface area contributed by atoms with Crippen LogP contribution in [0.1, 0.15) is 12.0 Å². The third kappa shape index (κ3) is 3.31. The Labute approximate surface area is 136 Å². The highest BCUT2D eigenvalue weighted by Gasteiger charge is 2.32. The van der Waals surface area contributed by atoms with Crippen LogP contribution in [0, 0.1) is 0 Å². The molecule has 1 aromatic carbocycles. The maximum atomic E-state index is 5.86. The van der Waals surface area contributed by atoms with E-state index in [0.29, 0.717) is 11.7 Å². The molecule has 0 saturated carbocycles. The van der Waals surface area contributed by atoms with Gasteiger partial charge in [0.1, 0.15) is 12.4 Å². The zero-order valence-corrected chi connectivity index (χ0v) is 13.5. The van der Waals surface area contributed by atoms with Crippen molar-refractivity contribution in [1.29, 1.82) is 0 Å². The van der Waals surface area contributed by atoms with E-state index in [1.54, 1.807) is 0 Å². The number of nitrogens with zero attached hydrogens (tertiary/aromatic N) is 2. The number of para-hydroxylation sites is 1. The molecule has 1 radical (unpaired) electrons. The van der Waals surface area contributed by atoms with Crippen molar-refractivity contribution in [1.82, 2.24) is 15.5 Å². The first-order valence-electron chi connectivity index (χ1n) is 6.88. The lowest BCUT2D eigenvalue weighted by molar-refractivity contribution is 0.196. The van der Waals surface area contributed by atoms with E-state index in [2.05, 4.69) is 27.7 Å². The van der Waals surface area contributed by atoms with Crippen LogP contribution >= 0.6 is 24.6 Å². The van der Waals surface area contributed by atoms with Crippen LogP contribution < -0.4 is 15.4 Å². The van der Waals surface area contributed by atoms with Gasteiger partial charge in [0.05, 0.1) is 6.04 Å². The summed E-state index contributed by atoms with van der Waals surface area (Å²) in [6.45, 7) is 1.58. The van der Waals surface area contributed by atoms with Crippen LogP contribution in [0.5, 0.6) is 5.75 Å². The number of fused-ring (bicyclic) bond motifs is 1. The van der Waals surface area contributed by atoms with Gasteiger partial charge in [0.25, 0.3) is 0 Å². The Morgan fingerprint density at radius 3 is 3.05 bits per heavy atom. The van der Waals surface area contributed by atoms with Crippen molar-refractivity contribution in [3.63, 3.8) is 0 Å². The van der Waals surface area contributed by atoms with E-state index < -0.39 is 0 Å². The number of thiocarbonyl (C=S) groups is 1. The van der Waals surface area contributed by atoms with E-state index in [4.69, 9.17) is 17.0 Å². The summed E-state index contributed by atoms with van der Waals surface area (Å²) in [5.74, 6) is 0.992. The summed E-state index contributed by atoms with van der Waals surface area (Å²) in [5.41, 5.74) is 2.42. The van der Waals surface area contributed by atoms with Gasteiger partial charge in [0.2, 0.25) is 0 Å². The van der Waals surface area contributed by atoms with Crippen LogP contribution in [-0.4, -0.2) is 36.3 Å². The first-order valence-corrected chi connectivity index (χ1v) is 7.29. The number of ether oxygens (including phenoxy) is 1. The van der Waals surface area contributed by atoms with Crippen LogP contribution in [-0.2, 0) is 6.42 Å². The second kappa shape index (κ2) is 7.11. The Bertz CT molecular complexity index is 549. The van der Waals surface area contributed by atoms with Gasteiger partial charge in [0.15, 0.2) is 5.11 Å². The standard InChI is InChI=1S/C15H18N3OS.ClH/c1-16-7-6-12-9-17-15(20)18(12)13-8-11-4-2-3-5-14(11)19-10-13;/h2-5,9,13,16H,6-8,10H2,1H3;1H/t13-;/m1./s1. The Morgan fingerprint density at radius 2 is 2.24 bits per heavy atom. The summed E-state index contributed by atoms with van der Waals surface area (Å²) in [6.07, 6.45) is 3.77. The van der Waals surface area contributed by atoms with Crippen molar-refractivity contribution in [3.8, 4) is 5.75 Å². The molecule has 0 spiro atoms. The van der Waals surface area contributed by atoms with Crippen LogP contribution in [0.25, 0.3) is 0 Å². The molecule has 0 saturated heterocycles. The molecule has 2 aliphatic rings. The largest absolute Gasteiger partial charge is 0.491 e.